The summed E-state index contributed by atoms with van der Waals surface area (Å²) in [7, 11) is 0. The lowest BCUT2D eigenvalue weighted by Gasteiger charge is -1.98. The van der Waals surface area contributed by atoms with E-state index < -0.39 is 0 Å². The Bertz CT molecular complexity index is 475. The quantitative estimate of drug-likeness (QED) is 0.734. The van der Waals surface area contributed by atoms with Crippen molar-refractivity contribution >= 4 is 23.1 Å². The first-order valence-corrected chi connectivity index (χ1v) is 4.77. The number of hydrogen-bond donors (Lipinski definition) is 1. The molecule has 0 unspecified atom stereocenters. The fraction of sp³-hybridized carbons (Fsp3) is 0.333. The van der Waals surface area contributed by atoms with Gasteiger partial charge in [-0.05, 0) is 5.92 Å². The maximum atomic E-state index is 5.78. The molecule has 0 bridgehead atoms. The molecule has 4 nitrogen and oxygen atoms in total. The number of aromatic nitrogens is 3. The van der Waals surface area contributed by atoms with Gasteiger partial charge >= 0.3 is 0 Å². The summed E-state index contributed by atoms with van der Waals surface area (Å²) < 4.78 is 1.60. The van der Waals surface area contributed by atoms with Crippen LogP contribution >= 0.6 is 11.6 Å². The fourth-order valence-electron chi connectivity index (χ4n) is 1.27. The van der Waals surface area contributed by atoms with Crippen LogP contribution in [0.3, 0.4) is 0 Å². The molecule has 0 aliphatic heterocycles. The molecule has 2 heterocycles. The van der Waals surface area contributed by atoms with Crippen LogP contribution in [0.4, 0.5) is 5.82 Å². The van der Waals surface area contributed by atoms with E-state index in [1.165, 1.54) is 0 Å². The summed E-state index contributed by atoms with van der Waals surface area (Å²) in [4.78, 5) is 4.13. The predicted octanol–water partition coefficient (Wildman–Crippen LogP) is 2.09. The Morgan fingerprint density at radius 1 is 1.43 bits per heavy atom. The van der Waals surface area contributed by atoms with Crippen LogP contribution in [0.2, 0.25) is 5.15 Å². The Morgan fingerprint density at radius 3 is 2.79 bits per heavy atom. The molecule has 0 fully saturated rings. The van der Waals surface area contributed by atoms with Crippen LogP contribution in [0.25, 0.3) is 5.65 Å². The van der Waals surface area contributed by atoms with Crippen molar-refractivity contribution in [1.82, 2.24) is 14.6 Å². The Labute approximate surface area is 86.7 Å². The van der Waals surface area contributed by atoms with E-state index in [1.807, 2.05) is 6.07 Å². The monoisotopic (exact) mass is 210 g/mol. The molecular formula is C9H11ClN4. The second-order valence-corrected chi connectivity index (χ2v) is 3.88. The van der Waals surface area contributed by atoms with Crippen molar-refractivity contribution in [3.05, 3.63) is 23.0 Å². The Morgan fingerprint density at radius 2 is 2.14 bits per heavy atom. The number of halogens is 1. The van der Waals surface area contributed by atoms with Gasteiger partial charge in [-0.25, -0.2) is 4.98 Å². The highest BCUT2D eigenvalue weighted by Crippen LogP contribution is 2.18. The number of rotatable bonds is 1. The second-order valence-electron chi connectivity index (χ2n) is 3.50. The van der Waals surface area contributed by atoms with Crippen LogP contribution in [0.1, 0.15) is 25.5 Å². The maximum absolute atomic E-state index is 5.78. The summed E-state index contributed by atoms with van der Waals surface area (Å²) in [5, 5.41) is 4.72. The molecule has 2 aromatic rings. The molecule has 0 radical (unpaired) electrons. The van der Waals surface area contributed by atoms with E-state index in [0.717, 1.165) is 5.69 Å². The molecule has 0 aliphatic rings. The lowest BCUT2D eigenvalue weighted by atomic mass is 10.1. The van der Waals surface area contributed by atoms with Crippen LogP contribution in [0.5, 0.6) is 0 Å². The Hall–Kier alpha value is -1.29. The molecule has 2 aromatic heterocycles. The van der Waals surface area contributed by atoms with Crippen LogP contribution in [-0.4, -0.2) is 14.6 Å². The molecule has 14 heavy (non-hydrogen) atoms. The van der Waals surface area contributed by atoms with Crippen molar-refractivity contribution in [2.45, 2.75) is 19.8 Å². The predicted molar refractivity (Wildman–Crippen MR) is 56.5 cm³/mol. The Kier molecular flexibility index (Phi) is 2.07. The largest absolute Gasteiger partial charge is 0.383 e. The lowest BCUT2D eigenvalue weighted by Crippen LogP contribution is -2.00. The van der Waals surface area contributed by atoms with Crippen LogP contribution in [0, 0.1) is 0 Å². The molecule has 0 aromatic carbocycles. The molecular weight excluding hydrogens is 200 g/mol. The zero-order valence-electron chi connectivity index (χ0n) is 8.03. The summed E-state index contributed by atoms with van der Waals surface area (Å²) in [6, 6.07) is 3.48. The van der Waals surface area contributed by atoms with Crippen molar-refractivity contribution < 1.29 is 0 Å². The van der Waals surface area contributed by atoms with E-state index in [4.69, 9.17) is 17.3 Å². The number of anilines is 1. The van der Waals surface area contributed by atoms with Gasteiger partial charge in [-0.3, -0.25) is 0 Å². The van der Waals surface area contributed by atoms with Gasteiger partial charge in [0.25, 0.3) is 0 Å². The second kappa shape index (κ2) is 3.13. The van der Waals surface area contributed by atoms with Crippen molar-refractivity contribution in [2.24, 2.45) is 0 Å². The van der Waals surface area contributed by atoms with Crippen molar-refractivity contribution in [3.63, 3.8) is 0 Å². The summed E-state index contributed by atoms with van der Waals surface area (Å²) in [6.07, 6.45) is 0. The van der Waals surface area contributed by atoms with Gasteiger partial charge in [0.2, 0.25) is 0 Å². The molecule has 2 rings (SSSR count). The van der Waals surface area contributed by atoms with Crippen molar-refractivity contribution in [2.75, 3.05) is 5.73 Å². The van der Waals surface area contributed by atoms with Crippen LogP contribution in [-0.2, 0) is 0 Å². The lowest BCUT2D eigenvalue weighted by molar-refractivity contribution is 0.789. The molecule has 0 saturated carbocycles. The minimum Gasteiger partial charge on any atom is -0.383 e. The standard InChI is InChI=1S/C9H11ClN4/c1-5(2)6-3-9-12-7(10)4-8(11)14(9)13-6/h3-5H,11H2,1-2H3. The van der Waals surface area contributed by atoms with Crippen LogP contribution in [0.15, 0.2) is 12.1 Å². The molecule has 0 spiro atoms. The van der Waals surface area contributed by atoms with E-state index in [2.05, 4.69) is 23.9 Å². The SMILES string of the molecule is CC(C)c1cc2nc(Cl)cc(N)n2n1. The summed E-state index contributed by atoms with van der Waals surface area (Å²) in [5.41, 5.74) is 7.40. The Balaban J connectivity index is 2.70. The molecule has 0 atom stereocenters. The zero-order chi connectivity index (χ0) is 10.3. The fourth-order valence-corrected chi connectivity index (χ4v) is 1.46. The van der Waals surface area contributed by atoms with Gasteiger partial charge in [0.15, 0.2) is 5.65 Å². The van der Waals surface area contributed by atoms with Gasteiger partial charge in [-0.15, -0.1) is 0 Å². The number of nitrogen functional groups attached to an aromatic ring is 1. The van der Waals surface area contributed by atoms with E-state index in [9.17, 15) is 0 Å². The highest BCUT2D eigenvalue weighted by Gasteiger charge is 2.08. The van der Waals surface area contributed by atoms with E-state index in [-0.39, 0.29) is 0 Å². The minimum absolute atomic E-state index is 0.356. The molecule has 74 valence electrons. The summed E-state index contributed by atoms with van der Waals surface area (Å²) in [5.74, 6) is 0.863. The normalized spacial score (nSPS) is 11.4. The van der Waals surface area contributed by atoms with Gasteiger partial charge in [0, 0.05) is 12.1 Å². The third-order valence-electron chi connectivity index (χ3n) is 2.03. The van der Waals surface area contributed by atoms with Gasteiger partial charge in [-0.1, -0.05) is 25.4 Å². The van der Waals surface area contributed by atoms with E-state index in [0.29, 0.717) is 22.5 Å². The summed E-state index contributed by atoms with van der Waals surface area (Å²) >= 11 is 5.78. The number of hydrogen-bond acceptors (Lipinski definition) is 3. The number of nitrogens with zero attached hydrogens (tertiary/aromatic N) is 3. The van der Waals surface area contributed by atoms with E-state index in [1.54, 1.807) is 10.6 Å². The minimum atomic E-state index is 0.356. The molecule has 0 saturated heterocycles. The highest BCUT2D eigenvalue weighted by atomic mass is 35.5. The third kappa shape index (κ3) is 1.42. The first kappa shape index (κ1) is 9.27. The van der Waals surface area contributed by atoms with Crippen LogP contribution < -0.4 is 5.73 Å². The van der Waals surface area contributed by atoms with Gasteiger partial charge in [0.05, 0.1) is 5.69 Å². The van der Waals surface area contributed by atoms with Crippen molar-refractivity contribution in [1.29, 1.82) is 0 Å². The number of nitrogens with two attached hydrogens (primary N) is 1. The zero-order valence-corrected chi connectivity index (χ0v) is 8.78. The maximum Gasteiger partial charge on any atom is 0.159 e. The average molecular weight is 211 g/mol. The number of fused-ring (bicyclic) bond motifs is 1. The van der Waals surface area contributed by atoms with E-state index >= 15 is 0 Å². The van der Waals surface area contributed by atoms with Gasteiger partial charge < -0.3 is 5.73 Å². The first-order valence-electron chi connectivity index (χ1n) is 4.39. The van der Waals surface area contributed by atoms with Gasteiger partial charge in [-0.2, -0.15) is 9.61 Å². The summed E-state index contributed by atoms with van der Waals surface area (Å²) in [6.45, 7) is 4.14. The smallest absolute Gasteiger partial charge is 0.159 e. The third-order valence-corrected chi connectivity index (χ3v) is 2.23. The van der Waals surface area contributed by atoms with Gasteiger partial charge in [0.1, 0.15) is 11.0 Å². The molecule has 5 heteroatoms. The van der Waals surface area contributed by atoms with Crippen molar-refractivity contribution in [3.8, 4) is 0 Å². The molecule has 0 amide bonds. The topological polar surface area (TPSA) is 56.2 Å². The average Bonchev–Trinajstić information content (AvgIpc) is 2.47. The molecule has 2 N–H and O–H groups in total. The first-order chi connectivity index (χ1) is 6.58. The highest BCUT2D eigenvalue weighted by molar-refractivity contribution is 6.29. The molecule has 0 aliphatic carbocycles.